The minimum atomic E-state index is -0.0200. The van der Waals surface area contributed by atoms with Crippen LogP contribution in [-0.4, -0.2) is 0 Å². The van der Waals surface area contributed by atoms with E-state index >= 15 is 0 Å². The Bertz CT molecular complexity index is 180. The second-order valence-electron chi connectivity index (χ2n) is 1.93. The highest BCUT2D eigenvalue weighted by Crippen LogP contribution is 2.01. The lowest BCUT2D eigenvalue weighted by Crippen LogP contribution is -1.86. The first-order valence-corrected chi connectivity index (χ1v) is 3.28. The van der Waals surface area contributed by atoms with Crippen LogP contribution in [0.3, 0.4) is 0 Å². The highest BCUT2D eigenvalue weighted by atomic mass is 14.3. The van der Waals surface area contributed by atoms with Gasteiger partial charge in [-0.1, -0.05) is 19.1 Å². The molecule has 0 radical (unpaired) electrons. The minimum Gasteiger partial charge on any atom is -0.198 e. The molecular formula is C8H10N2. The fourth-order valence-electron chi connectivity index (χ4n) is 0.555. The molecule has 2 heteroatoms. The van der Waals surface area contributed by atoms with Crippen molar-refractivity contribution >= 4 is 0 Å². The number of rotatable bonds is 3. The van der Waals surface area contributed by atoms with Crippen LogP contribution in [-0.2, 0) is 0 Å². The van der Waals surface area contributed by atoms with E-state index < -0.39 is 0 Å². The lowest BCUT2D eigenvalue weighted by molar-refractivity contribution is 0.786. The minimum absolute atomic E-state index is 0.0200. The van der Waals surface area contributed by atoms with Crippen molar-refractivity contribution in [1.82, 2.24) is 0 Å². The van der Waals surface area contributed by atoms with Gasteiger partial charge in [0, 0.05) is 0 Å². The maximum absolute atomic E-state index is 8.44. The zero-order valence-electron chi connectivity index (χ0n) is 6.04. The van der Waals surface area contributed by atoms with Crippen LogP contribution >= 0.6 is 0 Å². The Morgan fingerprint density at radius 2 is 2.20 bits per heavy atom. The molecular weight excluding hydrogens is 124 g/mol. The Kier molecular flexibility index (Phi) is 5.10. The number of hydrogen-bond acceptors (Lipinski definition) is 2. The molecule has 0 aromatic heterocycles. The predicted octanol–water partition coefficient (Wildman–Crippen LogP) is 2.01. The summed E-state index contributed by atoms with van der Waals surface area (Å²) in [5, 5.41) is 16.6. The van der Waals surface area contributed by atoms with Crippen LogP contribution in [0.15, 0.2) is 12.2 Å². The van der Waals surface area contributed by atoms with Crippen molar-refractivity contribution < 1.29 is 0 Å². The van der Waals surface area contributed by atoms with Gasteiger partial charge < -0.3 is 0 Å². The standard InChI is InChI=1S/C8H10N2/c1-2-8(7-10)5-3-4-6-9/h3,5,8H,2,4H2,1H3. The summed E-state index contributed by atoms with van der Waals surface area (Å²) in [7, 11) is 0. The third kappa shape index (κ3) is 3.69. The van der Waals surface area contributed by atoms with Gasteiger partial charge in [0.05, 0.1) is 24.5 Å². The molecule has 0 rings (SSSR count). The molecule has 1 unspecified atom stereocenters. The molecule has 0 amide bonds. The topological polar surface area (TPSA) is 47.6 Å². The average molecular weight is 134 g/mol. The van der Waals surface area contributed by atoms with Gasteiger partial charge in [-0.3, -0.25) is 0 Å². The third-order valence-electron chi connectivity index (χ3n) is 1.18. The van der Waals surface area contributed by atoms with Gasteiger partial charge in [0.1, 0.15) is 0 Å². The van der Waals surface area contributed by atoms with Crippen LogP contribution in [0, 0.1) is 28.6 Å². The zero-order valence-corrected chi connectivity index (χ0v) is 6.04. The van der Waals surface area contributed by atoms with Crippen LogP contribution < -0.4 is 0 Å². The van der Waals surface area contributed by atoms with E-state index in [1.165, 1.54) is 0 Å². The summed E-state index contributed by atoms with van der Waals surface area (Å²) in [5.74, 6) is -0.0200. The summed E-state index contributed by atoms with van der Waals surface area (Å²) < 4.78 is 0. The van der Waals surface area contributed by atoms with E-state index in [1.807, 2.05) is 13.0 Å². The van der Waals surface area contributed by atoms with Crippen molar-refractivity contribution in [2.45, 2.75) is 19.8 Å². The zero-order chi connectivity index (χ0) is 7.82. The Morgan fingerprint density at radius 3 is 2.60 bits per heavy atom. The molecule has 10 heavy (non-hydrogen) atoms. The summed E-state index contributed by atoms with van der Waals surface area (Å²) in [5.41, 5.74) is 0. The number of allylic oxidation sites excluding steroid dienone is 2. The third-order valence-corrected chi connectivity index (χ3v) is 1.18. The van der Waals surface area contributed by atoms with E-state index in [9.17, 15) is 0 Å². The van der Waals surface area contributed by atoms with Crippen molar-refractivity contribution in [2.75, 3.05) is 0 Å². The van der Waals surface area contributed by atoms with Gasteiger partial charge in [-0.25, -0.2) is 0 Å². The van der Waals surface area contributed by atoms with E-state index in [1.54, 1.807) is 12.2 Å². The van der Waals surface area contributed by atoms with E-state index in [-0.39, 0.29) is 5.92 Å². The van der Waals surface area contributed by atoms with Crippen molar-refractivity contribution in [2.24, 2.45) is 5.92 Å². The molecule has 0 aromatic carbocycles. The van der Waals surface area contributed by atoms with Crippen molar-refractivity contribution in [3.8, 4) is 12.1 Å². The Hall–Kier alpha value is -1.28. The second-order valence-corrected chi connectivity index (χ2v) is 1.93. The van der Waals surface area contributed by atoms with Crippen LogP contribution in [0.2, 0.25) is 0 Å². The Morgan fingerprint density at radius 1 is 1.50 bits per heavy atom. The van der Waals surface area contributed by atoms with Crippen molar-refractivity contribution in [1.29, 1.82) is 10.5 Å². The first-order chi connectivity index (χ1) is 4.85. The quantitative estimate of drug-likeness (QED) is 0.554. The monoisotopic (exact) mass is 134 g/mol. The van der Waals surface area contributed by atoms with Gasteiger partial charge in [-0.05, 0) is 6.42 Å². The van der Waals surface area contributed by atoms with Gasteiger partial charge in [-0.15, -0.1) is 0 Å². The molecule has 0 spiro atoms. The van der Waals surface area contributed by atoms with Crippen LogP contribution in [0.5, 0.6) is 0 Å². The molecule has 52 valence electrons. The molecule has 1 atom stereocenters. The molecule has 0 bridgehead atoms. The lowest BCUT2D eigenvalue weighted by atomic mass is 10.1. The molecule has 0 fully saturated rings. The SMILES string of the molecule is CCC(C#N)C=CCC#N. The molecule has 0 aliphatic rings. The predicted molar refractivity (Wildman–Crippen MR) is 38.8 cm³/mol. The summed E-state index contributed by atoms with van der Waals surface area (Å²) >= 11 is 0. The van der Waals surface area contributed by atoms with Gasteiger partial charge >= 0.3 is 0 Å². The second kappa shape index (κ2) is 5.85. The number of hydrogen-bond donors (Lipinski definition) is 0. The molecule has 0 aliphatic heterocycles. The van der Waals surface area contributed by atoms with Crippen LogP contribution in [0.4, 0.5) is 0 Å². The maximum atomic E-state index is 8.44. The average Bonchev–Trinajstić information content (AvgIpc) is 1.99. The summed E-state index contributed by atoms with van der Waals surface area (Å²) in [4.78, 5) is 0. The molecule has 0 saturated carbocycles. The summed E-state index contributed by atoms with van der Waals surface area (Å²) in [6.07, 6.45) is 4.73. The van der Waals surface area contributed by atoms with Crippen molar-refractivity contribution in [3.05, 3.63) is 12.2 Å². The lowest BCUT2D eigenvalue weighted by Gasteiger charge is -1.93. The van der Waals surface area contributed by atoms with E-state index in [0.29, 0.717) is 6.42 Å². The highest BCUT2D eigenvalue weighted by molar-refractivity contribution is 5.01. The first-order valence-electron chi connectivity index (χ1n) is 3.28. The molecule has 0 heterocycles. The molecule has 0 aliphatic carbocycles. The van der Waals surface area contributed by atoms with Crippen LogP contribution in [0.25, 0.3) is 0 Å². The maximum Gasteiger partial charge on any atom is 0.0697 e. The number of nitriles is 2. The van der Waals surface area contributed by atoms with Gasteiger partial charge in [0.2, 0.25) is 0 Å². The summed E-state index contributed by atoms with van der Waals surface area (Å²) in [6.45, 7) is 1.95. The van der Waals surface area contributed by atoms with E-state index in [4.69, 9.17) is 10.5 Å². The smallest absolute Gasteiger partial charge is 0.0697 e. The van der Waals surface area contributed by atoms with Gasteiger partial charge in [0.15, 0.2) is 0 Å². The molecule has 0 N–H and O–H groups in total. The van der Waals surface area contributed by atoms with E-state index in [2.05, 4.69) is 6.07 Å². The van der Waals surface area contributed by atoms with Crippen LogP contribution in [0.1, 0.15) is 19.8 Å². The fraction of sp³-hybridized carbons (Fsp3) is 0.500. The van der Waals surface area contributed by atoms with Crippen molar-refractivity contribution in [3.63, 3.8) is 0 Å². The van der Waals surface area contributed by atoms with Gasteiger partial charge in [0.25, 0.3) is 0 Å². The highest BCUT2D eigenvalue weighted by Gasteiger charge is 1.95. The Labute approximate surface area is 61.4 Å². The number of nitrogens with zero attached hydrogens (tertiary/aromatic N) is 2. The fourth-order valence-corrected chi connectivity index (χ4v) is 0.555. The normalized spacial score (nSPS) is 12.3. The Balaban J connectivity index is 3.67. The van der Waals surface area contributed by atoms with Gasteiger partial charge in [-0.2, -0.15) is 10.5 Å². The summed E-state index contributed by atoms with van der Waals surface area (Å²) in [6, 6.07) is 4.09. The molecule has 0 saturated heterocycles. The molecule has 2 nitrogen and oxygen atoms in total. The first kappa shape index (κ1) is 8.72. The van der Waals surface area contributed by atoms with E-state index in [0.717, 1.165) is 6.42 Å². The largest absolute Gasteiger partial charge is 0.198 e. The molecule has 0 aromatic rings.